The van der Waals surface area contributed by atoms with Gasteiger partial charge in [-0.15, -0.1) is 0 Å². The van der Waals surface area contributed by atoms with Gasteiger partial charge < -0.3 is 15.7 Å². The number of benzene rings is 1. The summed E-state index contributed by atoms with van der Waals surface area (Å²) < 4.78 is 0. The zero-order valence-electron chi connectivity index (χ0n) is 12.2. The van der Waals surface area contributed by atoms with Gasteiger partial charge in [0, 0.05) is 42.7 Å². The standard InChI is InChI=1S/C14H23N3O3/c1-4-15-11-7-12(9-13(8-11)17(19)20)16-14(5-6-18)10(2)3/h7-10,14-16,18H,4-6H2,1-3H3. The highest BCUT2D eigenvalue weighted by Crippen LogP contribution is 2.26. The van der Waals surface area contributed by atoms with Crippen molar-refractivity contribution in [1.82, 2.24) is 0 Å². The third kappa shape index (κ3) is 4.70. The van der Waals surface area contributed by atoms with Crippen LogP contribution < -0.4 is 10.6 Å². The van der Waals surface area contributed by atoms with Crippen molar-refractivity contribution in [1.29, 1.82) is 0 Å². The minimum Gasteiger partial charge on any atom is -0.396 e. The molecule has 1 aromatic carbocycles. The molecule has 6 heteroatoms. The summed E-state index contributed by atoms with van der Waals surface area (Å²) in [5.74, 6) is 0.323. The molecular weight excluding hydrogens is 258 g/mol. The molecule has 0 amide bonds. The first kappa shape index (κ1) is 16.2. The van der Waals surface area contributed by atoms with E-state index in [1.165, 1.54) is 12.1 Å². The van der Waals surface area contributed by atoms with E-state index in [4.69, 9.17) is 5.11 Å². The number of nitro benzene ring substituents is 1. The van der Waals surface area contributed by atoms with Gasteiger partial charge in [0.05, 0.1) is 4.92 Å². The van der Waals surface area contributed by atoms with Gasteiger partial charge in [-0.2, -0.15) is 0 Å². The molecule has 0 aliphatic carbocycles. The summed E-state index contributed by atoms with van der Waals surface area (Å²) in [6.07, 6.45) is 0.608. The molecule has 1 unspecified atom stereocenters. The van der Waals surface area contributed by atoms with Crippen LogP contribution in [0.1, 0.15) is 27.2 Å². The zero-order valence-corrected chi connectivity index (χ0v) is 12.2. The van der Waals surface area contributed by atoms with Crippen molar-refractivity contribution < 1.29 is 10.0 Å². The minimum atomic E-state index is -0.400. The minimum absolute atomic E-state index is 0.0532. The van der Waals surface area contributed by atoms with Gasteiger partial charge in [-0.3, -0.25) is 10.1 Å². The highest BCUT2D eigenvalue weighted by atomic mass is 16.6. The number of nitro groups is 1. The molecule has 3 N–H and O–H groups in total. The second-order valence-electron chi connectivity index (χ2n) is 5.06. The van der Waals surface area contributed by atoms with Crippen LogP contribution in [0.15, 0.2) is 18.2 Å². The van der Waals surface area contributed by atoms with Crippen molar-refractivity contribution >= 4 is 17.1 Å². The first-order valence-corrected chi connectivity index (χ1v) is 6.88. The summed E-state index contributed by atoms with van der Waals surface area (Å²) in [7, 11) is 0. The first-order valence-electron chi connectivity index (χ1n) is 6.88. The number of aliphatic hydroxyl groups is 1. The summed E-state index contributed by atoms with van der Waals surface area (Å²) in [5.41, 5.74) is 1.47. The topological polar surface area (TPSA) is 87.4 Å². The number of nitrogens with one attached hydrogen (secondary N) is 2. The lowest BCUT2D eigenvalue weighted by Crippen LogP contribution is -2.26. The van der Waals surface area contributed by atoms with Gasteiger partial charge in [0.15, 0.2) is 0 Å². The van der Waals surface area contributed by atoms with E-state index in [0.29, 0.717) is 24.6 Å². The summed E-state index contributed by atoms with van der Waals surface area (Å²) in [5, 5.41) is 26.4. The molecule has 112 valence electrons. The highest BCUT2D eigenvalue weighted by Gasteiger charge is 2.15. The van der Waals surface area contributed by atoms with E-state index in [2.05, 4.69) is 24.5 Å². The smallest absolute Gasteiger partial charge is 0.273 e. The van der Waals surface area contributed by atoms with Crippen LogP contribution in [-0.4, -0.2) is 29.2 Å². The molecule has 20 heavy (non-hydrogen) atoms. The Hall–Kier alpha value is -1.82. The van der Waals surface area contributed by atoms with Gasteiger partial charge in [-0.1, -0.05) is 13.8 Å². The molecule has 1 rings (SSSR count). The Bertz CT molecular complexity index is 449. The lowest BCUT2D eigenvalue weighted by Gasteiger charge is -2.23. The summed E-state index contributed by atoms with van der Waals surface area (Å²) >= 11 is 0. The quantitative estimate of drug-likeness (QED) is 0.504. The van der Waals surface area contributed by atoms with Crippen LogP contribution in [0.3, 0.4) is 0 Å². The van der Waals surface area contributed by atoms with Gasteiger partial charge in [0.2, 0.25) is 0 Å². The molecule has 0 spiro atoms. The molecule has 0 aromatic heterocycles. The van der Waals surface area contributed by atoms with E-state index in [9.17, 15) is 10.1 Å². The van der Waals surface area contributed by atoms with Crippen LogP contribution in [0, 0.1) is 16.0 Å². The maximum atomic E-state index is 11.0. The number of non-ortho nitro benzene ring substituents is 1. The maximum absolute atomic E-state index is 11.0. The predicted octanol–water partition coefficient (Wildman–Crippen LogP) is 2.85. The average Bonchev–Trinajstić information content (AvgIpc) is 2.38. The number of hydrogen-bond acceptors (Lipinski definition) is 5. The van der Waals surface area contributed by atoms with E-state index in [-0.39, 0.29) is 18.3 Å². The number of hydrogen-bond donors (Lipinski definition) is 3. The van der Waals surface area contributed by atoms with Crippen molar-refractivity contribution in [3.63, 3.8) is 0 Å². The Morgan fingerprint density at radius 3 is 2.45 bits per heavy atom. The lowest BCUT2D eigenvalue weighted by atomic mass is 10.0. The number of aliphatic hydroxyl groups excluding tert-OH is 1. The molecule has 0 bridgehead atoms. The van der Waals surface area contributed by atoms with Crippen LogP contribution in [0.2, 0.25) is 0 Å². The monoisotopic (exact) mass is 281 g/mol. The summed E-state index contributed by atoms with van der Waals surface area (Å²) in [6, 6.07) is 4.97. The molecule has 0 saturated heterocycles. The Kier molecular flexibility index (Phi) is 6.24. The van der Waals surface area contributed by atoms with E-state index in [0.717, 1.165) is 5.69 Å². The molecule has 1 atom stereocenters. The Morgan fingerprint density at radius 2 is 1.95 bits per heavy atom. The second-order valence-corrected chi connectivity index (χ2v) is 5.06. The first-order chi connectivity index (χ1) is 9.47. The number of rotatable bonds is 8. The van der Waals surface area contributed by atoms with Crippen molar-refractivity contribution in [3.05, 3.63) is 28.3 Å². The SMILES string of the molecule is CCNc1cc(NC(CCO)C(C)C)cc([N+](=O)[O-])c1. The number of anilines is 2. The number of nitrogens with zero attached hydrogens (tertiary/aromatic N) is 1. The average molecular weight is 281 g/mol. The molecule has 0 fully saturated rings. The van der Waals surface area contributed by atoms with Gasteiger partial charge in [-0.05, 0) is 25.3 Å². The van der Waals surface area contributed by atoms with Crippen LogP contribution in [0.25, 0.3) is 0 Å². The largest absolute Gasteiger partial charge is 0.396 e. The Morgan fingerprint density at radius 1 is 1.30 bits per heavy atom. The highest BCUT2D eigenvalue weighted by molar-refractivity contribution is 5.63. The third-order valence-corrected chi connectivity index (χ3v) is 3.11. The van der Waals surface area contributed by atoms with E-state index < -0.39 is 4.92 Å². The third-order valence-electron chi connectivity index (χ3n) is 3.11. The van der Waals surface area contributed by atoms with E-state index >= 15 is 0 Å². The molecule has 0 saturated carbocycles. The van der Waals surface area contributed by atoms with Crippen LogP contribution in [0.5, 0.6) is 0 Å². The van der Waals surface area contributed by atoms with Crippen molar-refractivity contribution in [2.45, 2.75) is 33.2 Å². The molecule has 0 radical (unpaired) electrons. The Labute approximate surface area is 119 Å². The van der Waals surface area contributed by atoms with Crippen LogP contribution >= 0.6 is 0 Å². The molecular formula is C14H23N3O3. The normalized spacial score (nSPS) is 12.2. The molecule has 0 aliphatic heterocycles. The maximum Gasteiger partial charge on any atom is 0.273 e. The predicted molar refractivity (Wildman–Crippen MR) is 81.2 cm³/mol. The fourth-order valence-electron chi connectivity index (χ4n) is 2.03. The van der Waals surface area contributed by atoms with Gasteiger partial charge in [-0.25, -0.2) is 0 Å². The lowest BCUT2D eigenvalue weighted by molar-refractivity contribution is -0.384. The zero-order chi connectivity index (χ0) is 15.1. The van der Waals surface area contributed by atoms with E-state index in [1.54, 1.807) is 0 Å². The van der Waals surface area contributed by atoms with Crippen molar-refractivity contribution in [2.24, 2.45) is 5.92 Å². The second kappa shape index (κ2) is 7.69. The molecule has 1 aromatic rings. The van der Waals surface area contributed by atoms with Gasteiger partial charge in [0.1, 0.15) is 0 Å². The van der Waals surface area contributed by atoms with E-state index in [1.807, 2.05) is 13.0 Å². The van der Waals surface area contributed by atoms with Gasteiger partial charge in [0.25, 0.3) is 5.69 Å². The molecule has 0 heterocycles. The fraction of sp³-hybridized carbons (Fsp3) is 0.571. The van der Waals surface area contributed by atoms with Crippen molar-refractivity contribution in [2.75, 3.05) is 23.8 Å². The fourth-order valence-corrected chi connectivity index (χ4v) is 2.03. The van der Waals surface area contributed by atoms with Crippen molar-refractivity contribution in [3.8, 4) is 0 Å². The van der Waals surface area contributed by atoms with Gasteiger partial charge >= 0.3 is 0 Å². The Balaban J connectivity index is 2.99. The summed E-state index contributed by atoms with van der Waals surface area (Å²) in [6.45, 7) is 6.83. The molecule has 6 nitrogen and oxygen atoms in total. The van der Waals surface area contributed by atoms with Crippen LogP contribution in [-0.2, 0) is 0 Å². The molecule has 0 aliphatic rings. The summed E-state index contributed by atoms with van der Waals surface area (Å²) in [4.78, 5) is 10.6. The van der Waals surface area contributed by atoms with Crippen LogP contribution in [0.4, 0.5) is 17.1 Å².